The molecule has 0 saturated carbocycles. The van der Waals surface area contributed by atoms with E-state index in [9.17, 15) is 9.59 Å². The first-order valence-corrected chi connectivity index (χ1v) is 10.7. The summed E-state index contributed by atoms with van der Waals surface area (Å²) >= 11 is 6.02. The van der Waals surface area contributed by atoms with Crippen LogP contribution in [0.3, 0.4) is 0 Å². The zero-order valence-electron chi connectivity index (χ0n) is 17.8. The van der Waals surface area contributed by atoms with Crippen molar-refractivity contribution in [3.8, 4) is 0 Å². The topological polar surface area (TPSA) is 62.6 Å². The summed E-state index contributed by atoms with van der Waals surface area (Å²) in [6.07, 6.45) is 1.98. The van der Waals surface area contributed by atoms with Crippen molar-refractivity contribution < 1.29 is 14.0 Å². The maximum atomic E-state index is 13.3. The lowest BCUT2D eigenvalue weighted by Gasteiger charge is -2.32. The van der Waals surface area contributed by atoms with Gasteiger partial charge in [0.1, 0.15) is 11.8 Å². The number of carbonyl (C=O) groups excluding carboxylic acids is 2. The molecular formula is C25H27ClN2O3. The van der Waals surface area contributed by atoms with E-state index in [1.165, 1.54) is 0 Å². The first-order valence-electron chi connectivity index (χ1n) is 10.3. The van der Waals surface area contributed by atoms with Gasteiger partial charge in [0.15, 0.2) is 0 Å². The molecule has 5 nitrogen and oxygen atoms in total. The molecule has 0 aliphatic heterocycles. The minimum atomic E-state index is -0.664. The van der Waals surface area contributed by atoms with Crippen molar-refractivity contribution >= 4 is 23.4 Å². The van der Waals surface area contributed by atoms with Crippen molar-refractivity contribution in [2.45, 2.75) is 39.4 Å². The van der Waals surface area contributed by atoms with E-state index < -0.39 is 6.04 Å². The van der Waals surface area contributed by atoms with Gasteiger partial charge in [-0.25, -0.2) is 0 Å². The minimum Gasteiger partial charge on any atom is -0.467 e. The molecule has 3 aromatic rings. The van der Waals surface area contributed by atoms with Gasteiger partial charge in [-0.1, -0.05) is 67.9 Å². The second-order valence-corrected chi connectivity index (χ2v) is 8.19. The third kappa shape index (κ3) is 6.46. The molecule has 31 heavy (non-hydrogen) atoms. The molecule has 0 spiro atoms. The maximum absolute atomic E-state index is 13.3. The molecule has 0 saturated heterocycles. The predicted octanol–water partition coefficient (Wildman–Crippen LogP) is 4.85. The minimum absolute atomic E-state index is 0.0796. The summed E-state index contributed by atoms with van der Waals surface area (Å²) in [6.45, 7) is 4.27. The van der Waals surface area contributed by atoms with Crippen molar-refractivity contribution in [1.29, 1.82) is 0 Å². The van der Waals surface area contributed by atoms with E-state index in [0.717, 1.165) is 11.1 Å². The number of carbonyl (C=O) groups is 2. The Bertz CT molecular complexity index is 970. The van der Waals surface area contributed by atoms with Crippen LogP contribution in [0.15, 0.2) is 77.4 Å². The summed E-state index contributed by atoms with van der Waals surface area (Å²) in [5, 5.41) is 3.55. The van der Waals surface area contributed by atoms with E-state index in [1.54, 1.807) is 35.4 Å². The molecule has 0 bridgehead atoms. The Kier molecular flexibility index (Phi) is 7.90. The van der Waals surface area contributed by atoms with Gasteiger partial charge < -0.3 is 14.6 Å². The van der Waals surface area contributed by atoms with Crippen LogP contribution in [0.25, 0.3) is 0 Å². The lowest BCUT2D eigenvalue weighted by Crippen LogP contribution is -2.51. The molecule has 0 radical (unpaired) electrons. The van der Waals surface area contributed by atoms with Crippen molar-refractivity contribution in [2.24, 2.45) is 5.92 Å². The Morgan fingerprint density at radius 3 is 2.29 bits per heavy atom. The van der Waals surface area contributed by atoms with Gasteiger partial charge in [-0.05, 0) is 35.4 Å². The van der Waals surface area contributed by atoms with Gasteiger partial charge in [0.25, 0.3) is 0 Å². The average Bonchev–Trinajstić information content (AvgIpc) is 3.29. The molecular weight excluding hydrogens is 412 g/mol. The van der Waals surface area contributed by atoms with Gasteiger partial charge in [-0.2, -0.15) is 0 Å². The zero-order valence-corrected chi connectivity index (χ0v) is 18.5. The highest BCUT2D eigenvalue weighted by molar-refractivity contribution is 6.30. The third-order valence-electron chi connectivity index (χ3n) is 5.01. The van der Waals surface area contributed by atoms with Crippen molar-refractivity contribution in [3.05, 3.63) is 94.9 Å². The van der Waals surface area contributed by atoms with Crippen LogP contribution >= 0.6 is 11.6 Å². The fraction of sp³-hybridized carbons (Fsp3) is 0.280. The molecule has 1 aromatic heterocycles. The summed E-state index contributed by atoms with van der Waals surface area (Å²) in [6, 6.07) is 20.0. The number of furan rings is 1. The molecule has 0 aliphatic carbocycles. The molecule has 0 fully saturated rings. The van der Waals surface area contributed by atoms with Crippen molar-refractivity contribution in [3.63, 3.8) is 0 Å². The van der Waals surface area contributed by atoms with Crippen LogP contribution in [0.1, 0.15) is 30.7 Å². The van der Waals surface area contributed by atoms with Crippen LogP contribution in [-0.2, 0) is 29.1 Å². The molecule has 0 unspecified atom stereocenters. The van der Waals surface area contributed by atoms with Crippen LogP contribution in [0.5, 0.6) is 0 Å². The number of nitrogens with one attached hydrogen (secondary N) is 1. The summed E-state index contributed by atoms with van der Waals surface area (Å²) in [5.41, 5.74) is 1.90. The second-order valence-electron chi connectivity index (χ2n) is 7.75. The van der Waals surface area contributed by atoms with Crippen molar-refractivity contribution in [2.75, 3.05) is 0 Å². The van der Waals surface area contributed by atoms with Gasteiger partial charge in [0, 0.05) is 23.9 Å². The smallest absolute Gasteiger partial charge is 0.243 e. The fourth-order valence-corrected chi connectivity index (χ4v) is 3.47. The molecule has 2 aromatic carbocycles. The number of rotatable bonds is 9. The highest BCUT2D eigenvalue weighted by atomic mass is 35.5. The molecule has 0 aliphatic rings. The van der Waals surface area contributed by atoms with Gasteiger partial charge in [0.2, 0.25) is 11.8 Å². The average molecular weight is 439 g/mol. The van der Waals surface area contributed by atoms with Crippen LogP contribution in [-0.4, -0.2) is 22.8 Å². The lowest BCUT2D eigenvalue weighted by atomic mass is 10.0. The number of nitrogens with zero attached hydrogens (tertiary/aromatic N) is 1. The Morgan fingerprint density at radius 1 is 0.968 bits per heavy atom. The zero-order chi connectivity index (χ0) is 22.2. The van der Waals surface area contributed by atoms with Gasteiger partial charge in [0.05, 0.1) is 12.8 Å². The highest BCUT2D eigenvalue weighted by Gasteiger charge is 2.31. The Hall–Kier alpha value is -3.05. The number of benzene rings is 2. The summed E-state index contributed by atoms with van der Waals surface area (Å²) in [7, 11) is 0. The third-order valence-corrected chi connectivity index (χ3v) is 5.26. The van der Waals surface area contributed by atoms with Gasteiger partial charge in [-0.15, -0.1) is 0 Å². The number of hydrogen-bond acceptors (Lipinski definition) is 3. The summed E-state index contributed by atoms with van der Waals surface area (Å²) in [4.78, 5) is 28.1. The first-order chi connectivity index (χ1) is 14.9. The molecule has 2 amide bonds. The highest BCUT2D eigenvalue weighted by Crippen LogP contribution is 2.19. The van der Waals surface area contributed by atoms with E-state index in [-0.39, 0.29) is 24.3 Å². The summed E-state index contributed by atoms with van der Waals surface area (Å²) < 4.78 is 5.33. The Balaban J connectivity index is 1.89. The lowest BCUT2D eigenvalue weighted by molar-refractivity contribution is -0.143. The van der Waals surface area contributed by atoms with Crippen molar-refractivity contribution in [1.82, 2.24) is 10.2 Å². The predicted molar refractivity (Wildman–Crippen MR) is 121 cm³/mol. The standard InChI is InChI=1S/C25H27ClN2O3/c1-18(2)25(30)28(17-20-10-12-21(26)13-11-20)23(15-19-7-4-3-5-8-19)24(29)27-16-22-9-6-14-31-22/h3-14,18,23H,15-17H2,1-2H3,(H,27,29)/t23-/m0/s1. The first kappa shape index (κ1) is 22.6. The van der Waals surface area contributed by atoms with Crippen LogP contribution in [0.4, 0.5) is 0 Å². The fourth-order valence-electron chi connectivity index (χ4n) is 3.35. The Labute approximate surface area is 188 Å². The van der Waals surface area contributed by atoms with E-state index in [4.69, 9.17) is 16.0 Å². The largest absolute Gasteiger partial charge is 0.467 e. The van der Waals surface area contributed by atoms with Gasteiger partial charge >= 0.3 is 0 Å². The van der Waals surface area contributed by atoms with Crippen LogP contribution in [0.2, 0.25) is 5.02 Å². The number of hydrogen-bond donors (Lipinski definition) is 1. The number of amides is 2. The molecule has 1 atom stereocenters. The molecule has 1 heterocycles. The second kappa shape index (κ2) is 10.8. The molecule has 162 valence electrons. The van der Waals surface area contributed by atoms with Gasteiger partial charge in [-0.3, -0.25) is 9.59 Å². The van der Waals surface area contributed by atoms with Crippen LogP contribution in [0, 0.1) is 5.92 Å². The van der Waals surface area contributed by atoms with E-state index in [2.05, 4.69) is 5.32 Å². The van der Waals surface area contributed by atoms with E-state index >= 15 is 0 Å². The summed E-state index contributed by atoms with van der Waals surface area (Å²) in [5.74, 6) is 0.113. The molecule has 6 heteroatoms. The van der Waals surface area contributed by atoms with E-state index in [1.807, 2.05) is 56.3 Å². The molecule has 3 rings (SSSR count). The monoisotopic (exact) mass is 438 g/mol. The molecule has 1 N–H and O–H groups in total. The van der Waals surface area contributed by atoms with E-state index in [0.29, 0.717) is 23.7 Å². The number of halogens is 1. The normalized spacial score (nSPS) is 11.9. The Morgan fingerprint density at radius 2 is 1.68 bits per heavy atom. The quantitative estimate of drug-likeness (QED) is 0.519. The SMILES string of the molecule is CC(C)C(=O)N(Cc1ccc(Cl)cc1)[C@@H](Cc1ccccc1)C(=O)NCc1ccco1. The van der Waals surface area contributed by atoms with Crippen LogP contribution < -0.4 is 5.32 Å². The maximum Gasteiger partial charge on any atom is 0.243 e.